The highest BCUT2D eigenvalue weighted by molar-refractivity contribution is 5.94. The van der Waals surface area contributed by atoms with Crippen LogP contribution >= 0.6 is 0 Å². The van der Waals surface area contributed by atoms with E-state index in [-0.39, 0.29) is 17.3 Å². The zero-order valence-corrected chi connectivity index (χ0v) is 18.0. The Morgan fingerprint density at radius 3 is 2.69 bits per heavy atom. The van der Waals surface area contributed by atoms with Crippen molar-refractivity contribution < 1.29 is 19.1 Å². The number of carbonyl (C=O) groups excluding carboxylic acids is 1. The third-order valence-corrected chi connectivity index (χ3v) is 5.27. The number of hydrogen-bond donors (Lipinski definition) is 3. The van der Waals surface area contributed by atoms with Gasteiger partial charge in [-0.15, -0.1) is 5.10 Å². The second-order valence-corrected chi connectivity index (χ2v) is 7.83. The fraction of sp³-hybridized carbons (Fsp3) is 0.400. The van der Waals surface area contributed by atoms with Crippen LogP contribution in [0, 0.1) is 0 Å². The molecule has 3 heterocycles. The maximum atomic E-state index is 12.8. The Balaban J connectivity index is 1.53. The normalized spacial score (nSPS) is 15.0. The topological polar surface area (TPSA) is 151 Å². The Labute approximate surface area is 184 Å². The van der Waals surface area contributed by atoms with Crippen molar-refractivity contribution in [3.05, 3.63) is 46.8 Å². The Hall–Kier alpha value is -3.64. The Morgan fingerprint density at radius 1 is 1.28 bits per heavy atom. The molecule has 168 valence electrons. The standard InChI is InChI=1S/C20H25N9O3/c1-13(2)15-5-3-14(4-6-15)11-22-24-20(30)17-16(12-28-7-9-31-10-8-28)29(27-23-17)19-18(21)25-32-26-19/h3-6,11,13H,7-10,12H2,1-2H3,(H2,21,25)(H,24,30)/p+1/b22-11-. The molecule has 0 aliphatic carbocycles. The lowest BCUT2D eigenvalue weighted by Crippen LogP contribution is -3.12. The number of hydrazone groups is 1. The molecule has 0 atom stereocenters. The van der Waals surface area contributed by atoms with Gasteiger partial charge in [0, 0.05) is 0 Å². The van der Waals surface area contributed by atoms with Crippen LogP contribution in [0.1, 0.15) is 47.1 Å². The van der Waals surface area contributed by atoms with Gasteiger partial charge >= 0.3 is 0 Å². The number of hydrogen-bond acceptors (Lipinski definition) is 9. The number of ether oxygens (including phenoxy) is 1. The van der Waals surface area contributed by atoms with Crippen LogP contribution in [0.5, 0.6) is 0 Å². The molecule has 4 N–H and O–H groups in total. The van der Waals surface area contributed by atoms with Crippen molar-refractivity contribution in [3.8, 4) is 5.82 Å². The van der Waals surface area contributed by atoms with E-state index >= 15 is 0 Å². The van der Waals surface area contributed by atoms with Crippen molar-refractivity contribution >= 4 is 17.9 Å². The van der Waals surface area contributed by atoms with Gasteiger partial charge in [-0.1, -0.05) is 43.3 Å². The first kappa shape index (κ1) is 21.6. The number of nitrogens with one attached hydrogen (secondary N) is 2. The van der Waals surface area contributed by atoms with E-state index in [1.165, 1.54) is 15.1 Å². The summed E-state index contributed by atoms with van der Waals surface area (Å²) in [6.07, 6.45) is 1.58. The largest absolute Gasteiger partial charge is 0.378 e. The molecule has 3 aromatic rings. The van der Waals surface area contributed by atoms with Gasteiger partial charge in [0.25, 0.3) is 5.91 Å². The summed E-state index contributed by atoms with van der Waals surface area (Å²) in [5.74, 6) is 0.212. The number of morpholine rings is 1. The van der Waals surface area contributed by atoms with Crippen molar-refractivity contribution in [1.29, 1.82) is 0 Å². The molecule has 0 saturated carbocycles. The summed E-state index contributed by atoms with van der Waals surface area (Å²) in [5.41, 5.74) is 11.1. The Morgan fingerprint density at radius 2 is 2.03 bits per heavy atom. The van der Waals surface area contributed by atoms with Crippen LogP contribution in [-0.2, 0) is 11.3 Å². The van der Waals surface area contributed by atoms with E-state index < -0.39 is 5.91 Å². The van der Waals surface area contributed by atoms with Gasteiger partial charge in [-0.2, -0.15) is 9.78 Å². The van der Waals surface area contributed by atoms with E-state index in [1.54, 1.807) is 6.21 Å². The van der Waals surface area contributed by atoms with Crippen LogP contribution in [0.3, 0.4) is 0 Å². The third-order valence-electron chi connectivity index (χ3n) is 5.27. The first-order valence-corrected chi connectivity index (χ1v) is 10.4. The van der Waals surface area contributed by atoms with Gasteiger partial charge in [0.05, 0.1) is 19.4 Å². The van der Waals surface area contributed by atoms with Crippen LogP contribution in [0.15, 0.2) is 34.0 Å². The van der Waals surface area contributed by atoms with E-state index in [1.807, 2.05) is 24.3 Å². The molecular weight excluding hydrogens is 414 g/mol. The molecule has 0 radical (unpaired) electrons. The molecule has 12 nitrogen and oxygen atoms in total. The van der Waals surface area contributed by atoms with Crippen LogP contribution in [-0.4, -0.2) is 63.7 Å². The maximum absolute atomic E-state index is 12.8. The van der Waals surface area contributed by atoms with Gasteiger partial charge in [0.2, 0.25) is 11.6 Å². The second-order valence-electron chi connectivity index (χ2n) is 7.83. The van der Waals surface area contributed by atoms with E-state index in [2.05, 4.69) is 49.6 Å². The molecule has 1 aromatic carbocycles. The minimum atomic E-state index is -0.482. The number of aromatic nitrogens is 5. The highest BCUT2D eigenvalue weighted by atomic mass is 16.6. The molecule has 1 fully saturated rings. The van der Waals surface area contributed by atoms with Gasteiger partial charge in [-0.3, -0.25) is 4.79 Å². The Kier molecular flexibility index (Phi) is 6.52. The van der Waals surface area contributed by atoms with Crippen LogP contribution in [0.4, 0.5) is 5.82 Å². The zero-order valence-electron chi connectivity index (χ0n) is 18.0. The lowest BCUT2D eigenvalue weighted by atomic mass is 10.0. The highest BCUT2D eigenvalue weighted by Crippen LogP contribution is 2.16. The minimum Gasteiger partial charge on any atom is -0.378 e. The first-order chi connectivity index (χ1) is 15.5. The summed E-state index contributed by atoms with van der Waals surface area (Å²) in [4.78, 5) is 14.1. The van der Waals surface area contributed by atoms with Gasteiger partial charge in [0.1, 0.15) is 25.3 Å². The molecule has 4 rings (SSSR count). The van der Waals surface area contributed by atoms with Crippen molar-refractivity contribution in [2.75, 3.05) is 32.0 Å². The fourth-order valence-electron chi connectivity index (χ4n) is 3.40. The molecule has 0 bridgehead atoms. The number of rotatable bonds is 7. The summed E-state index contributed by atoms with van der Waals surface area (Å²) in [5, 5.41) is 19.6. The van der Waals surface area contributed by atoms with E-state index in [9.17, 15) is 4.79 Å². The molecule has 0 unspecified atom stereocenters. The monoisotopic (exact) mass is 440 g/mol. The molecule has 1 amide bonds. The molecule has 2 aromatic heterocycles. The second kappa shape index (κ2) is 9.66. The molecule has 1 aliphatic rings. The molecule has 12 heteroatoms. The lowest BCUT2D eigenvalue weighted by Gasteiger charge is -2.23. The van der Waals surface area contributed by atoms with Gasteiger partial charge in [-0.05, 0) is 27.4 Å². The highest BCUT2D eigenvalue weighted by Gasteiger charge is 2.28. The average molecular weight is 440 g/mol. The number of quaternary nitrogens is 1. The molecule has 1 aliphatic heterocycles. The van der Waals surface area contributed by atoms with E-state index in [4.69, 9.17) is 10.5 Å². The number of nitrogen functional groups attached to an aromatic ring is 1. The average Bonchev–Trinajstić information content (AvgIpc) is 3.40. The van der Waals surface area contributed by atoms with Crippen LogP contribution in [0.25, 0.3) is 5.82 Å². The van der Waals surface area contributed by atoms with Crippen molar-refractivity contribution in [2.24, 2.45) is 5.10 Å². The fourth-order valence-corrected chi connectivity index (χ4v) is 3.40. The van der Waals surface area contributed by atoms with E-state index in [0.29, 0.717) is 31.4 Å². The SMILES string of the molecule is CC(C)c1ccc(/C=N\NC(=O)c2nnn(-c3nonc3N)c2C[NH+]2CCOCC2)cc1. The summed E-state index contributed by atoms with van der Waals surface area (Å²) in [7, 11) is 0. The molecule has 32 heavy (non-hydrogen) atoms. The smallest absolute Gasteiger partial charge is 0.294 e. The number of carbonyl (C=O) groups is 1. The zero-order chi connectivity index (χ0) is 22.5. The van der Waals surface area contributed by atoms with Crippen molar-refractivity contribution in [3.63, 3.8) is 0 Å². The summed E-state index contributed by atoms with van der Waals surface area (Å²) in [6, 6.07) is 7.99. The summed E-state index contributed by atoms with van der Waals surface area (Å²) < 4.78 is 11.5. The predicted molar refractivity (Wildman–Crippen MR) is 114 cm³/mol. The number of amides is 1. The minimum absolute atomic E-state index is 0.0583. The maximum Gasteiger partial charge on any atom is 0.294 e. The summed E-state index contributed by atoms with van der Waals surface area (Å²) in [6.45, 7) is 7.63. The third kappa shape index (κ3) is 4.81. The van der Waals surface area contributed by atoms with E-state index in [0.717, 1.165) is 18.7 Å². The first-order valence-electron chi connectivity index (χ1n) is 10.4. The quantitative estimate of drug-likeness (QED) is 0.330. The number of anilines is 1. The molecule has 0 spiro atoms. The number of nitrogens with two attached hydrogens (primary N) is 1. The van der Waals surface area contributed by atoms with Crippen LogP contribution in [0.2, 0.25) is 0 Å². The number of benzene rings is 1. The molecular formula is C20H26N9O3+. The predicted octanol–water partition coefficient (Wildman–Crippen LogP) is -0.465. The van der Waals surface area contributed by atoms with Gasteiger partial charge in [0.15, 0.2) is 5.69 Å². The van der Waals surface area contributed by atoms with Gasteiger partial charge < -0.3 is 15.4 Å². The van der Waals surface area contributed by atoms with Crippen molar-refractivity contribution in [1.82, 2.24) is 30.7 Å². The Bertz CT molecular complexity index is 1080. The van der Waals surface area contributed by atoms with Gasteiger partial charge in [-0.25, -0.2) is 10.1 Å². The van der Waals surface area contributed by atoms with Crippen molar-refractivity contribution in [2.45, 2.75) is 26.3 Å². The summed E-state index contributed by atoms with van der Waals surface area (Å²) >= 11 is 0. The lowest BCUT2D eigenvalue weighted by molar-refractivity contribution is -0.921. The molecule has 1 saturated heterocycles. The number of nitrogens with zero attached hydrogens (tertiary/aromatic N) is 6. The van der Waals surface area contributed by atoms with Crippen LogP contribution < -0.4 is 16.1 Å².